The number of hydrogen-bond acceptors (Lipinski definition) is 7. The van der Waals surface area contributed by atoms with E-state index in [2.05, 4.69) is 43.4 Å². The fourth-order valence-corrected chi connectivity index (χ4v) is 2.84. The van der Waals surface area contributed by atoms with Crippen molar-refractivity contribution in [2.75, 3.05) is 30.5 Å². The second kappa shape index (κ2) is 6.62. The first-order valence-corrected chi connectivity index (χ1v) is 7.55. The number of nitriles is 1. The van der Waals surface area contributed by atoms with Gasteiger partial charge in [-0.25, -0.2) is 4.98 Å². The topological polar surface area (TPSA) is 103 Å². The van der Waals surface area contributed by atoms with Crippen LogP contribution in [0.1, 0.15) is 18.9 Å². The van der Waals surface area contributed by atoms with Crippen LogP contribution in [0.3, 0.4) is 0 Å². The van der Waals surface area contributed by atoms with Gasteiger partial charge in [0.15, 0.2) is 0 Å². The van der Waals surface area contributed by atoms with E-state index >= 15 is 0 Å². The molecular weight excluding hydrogens is 294 g/mol. The van der Waals surface area contributed by atoms with Crippen LogP contribution in [0.5, 0.6) is 0 Å². The van der Waals surface area contributed by atoms with E-state index in [-0.39, 0.29) is 6.04 Å². The van der Waals surface area contributed by atoms with Crippen molar-refractivity contribution < 1.29 is 4.74 Å². The number of nitrogens with zero attached hydrogens (tertiary/aromatic N) is 5. The second-order valence-electron chi connectivity index (χ2n) is 5.53. The van der Waals surface area contributed by atoms with Crippen molar-refractivity contribution in [1.29, 1.82) is 5.26 Å². The highest BCUT2D eigenvalue weighted by atomic mass is 16.5. The van der Waals surface area contributed by atoms with Crippen LogP contribution in [-0.4, -0.2) is 46.5 Å². The molecule has 23 heavy (non-hydrogen) atoms. The predicted octanol–water partition coefficient (Wildman–Crippen LogP) is 1.68. The van der Waals surface area contributed by atoms with E-state index in [4.69, 9.17) is 10.00 Å². The lowest BCUT2D eigenvalue weighted by molar-refractivity contribution is 0.0488. The van der Waals surface area contributed by atoms with Crippen LogP contribution in [0.15, 0.2) is 18.6 Å². The Morgan fingerprint density at radius 1 is 1.48 bits per heavy atom. The van der Waals surface area contributed by atoms with E-state index in [9.17, 15) is 0 Å². The Morgan fingerprint density at radius 2 is 2.35 bits per heavy atom. The molecule has 1 aliphatic heterocycles. The van der Waals surface area contributed by atoms with Crippen molar-refractivity contribution in [3.05, 3.63) is 24.2 Å². The summed E-state index contributed by atoms with van der Waals surface area (Å²) < 4.78 is 5.55. The summed E-state index contributed by atoms with van der Waals surface area (Å²) >= 11 is 0. The largest absolute Gasteiger partial charge is 0.381 e. The fourth-order valence-electron chi connectivity index (χ4n) is 2.84. The minimum absolute atomic E-state index is 0.207. The van der Waals surface area contributed by atoms with Crippen LogP contribution >= 0.6 is 0 Å². The number of nitrogens with one attached hydrogen (secondary N) is 2. The zero-order chi connectivity index (χ0) is 16.2. The summed E-state index contributed by atoms with van der Waals surface area (Å²) in [4.78, 5) is 11.0. The van der Waals surface area contributed by atoms with E-state index in [1.807, 2.05) is 6.20 Å². The van der Waals surface area contributed by atoms with Gasteiger partial charge in [-0.15, -0.1) is 0 Å². The van der Waals surface area contributed by atoms with Crippen LogP contribution in [0.25, 0.3) is 0 Å². The number of aromatic amines is 1. The summed E-state index contributed by atoms with van der Waals surface area (Å²) in [7, 11) is 1.74. The summed E-state index contributed by atoms with van der Waals surface area (Å²) in [6.45, 7) is 3.56. The number of anilines is 3. The Bertz CT molecular complexity index is 694. The van der Waals surface area contributed by atoms with E-state index in [1.165, 1.54) is 0 Å². The van der Waals surface area contributed by atoms with Gasteiger partial charge in [0.2, 0.25) is 5.95 Å². The van der Waals surface area contributed by atoms with Crippen molar-refractivity contribution in [1.82, 2.24) is 20.2 Å². The number of H-pyrrole nitrogens is 1. The lowest BCUT2D eigenvalue weighted by Crippen LogP contribution is -2.43. The van der Waals surface area contributed by atoms with Gasteiger partial charge in [0.1, 0.15) is 17.5 Å². The Morgan fingerprint density at radius 3 is 3.00 bits per heavy atom. The molecule has 3 heterocycles. The average Bonchev–Trinajstić information content (AvgIpc) is 3.11. The van der Waals surface area contributed by atoms with Gasteiger partial charge < -0.3 is 15.0 Å². The molecule has 0 amide bonds. The number of hydrogen-bond donors (Lipinski definition) is 2. The first-order valence-electron chi connectivity index (χ1n) is 7.55. The quantitative estimate of drug-likeness (QED) is 0.885. The van der Waals surface area contributed by atoms with Gasteiger partial charge in [-0.3, -0.25) is 5.10 Å². The fraction of sp³-hybridized carbons (Fsp3) is 0.467. The first kappa shape index (κ1) is 15.2. The molecule has 1 aliphatic rings. The molecule has 2 aromatic rings. The van der Waals surface area contributed by atoms with Gasteiger partial charge in [0, 0.05) is 31.8 Å². The molecule has 0 spiro atoms. The predicted molar refractivity (Wildman–Crippen MR) is 85.4 cm³/mol. The van der Waals surface area contributed by atoms with Crippen LogP contribution in [0, 0.1) is 17.2 Å². The number of rotatable bonds is 4. The molecule has 2 atom stereocenters. The summed E-state index contributed by atoms with van der Waals surface area (Å²) in [6.07, 6.45) is 6.00. The molecule has 0 aromatic carbocycles. The van der Waals surface area contributed by atoms with Crippen molar-refractivity contribution >= 4 is 17.5 Å². The van der Waals surface area contributed by atoms with Gasteiger partial charge >= 0.3 is 0 Å². The van der Waals surface area contributed by atoms with Crippen LogP contribution in [0.2, 0.25) is 0 Å². The lowest BCUT2D eigenvalue weighted by atomic mass is 9.96. The Balaban J connectivity index is 2.04. The maximum Gasteiger partial charge on any atom is 0.232 e. The van der Waals surface area contributed by atoms with Crippen molar-refractivity contribution in [3.63, 3.8) is 0 Å². The van der Waals surface area contributed by atoms with Gasteiger partial charge in [-0.2, -0.15) is 15.3 Å². The molecule has 2 unspecified atom stereocenters. The highest BCUT2D eigenvalue weighted by molar-refractivity contribution is 5.60. The molecule has 3 rings (SSSR count). The molecule has 2 aromatic heterocycles. The Labute approximate surface area is 134 Å². The third-order valence-corrected chi connectivity index (χ3v) is 4.04. The minimum Gasteiger partial charge on any atom is -0.381 e. The third kappa shape index (κ3) is 2.96. The lowest BCUT2D eigenvalue weighted by Gasteiger charge is -2.37. The smallest absolute Gasteiger partial charge is 0.232 e. The second-order valence-corrected chi connectivity index (χ2v) is 5.53. The monoisotopic (exact) mass is 313 g/mol. The summed E-state index contributed by atoms with van der Waals surface area (Å²) in [5.74, 6) is 1.40. The molecule has 8 heteroatoms. The number of ether oxygens (including phenoxy) is 1. The molecule has 8 nitrogen and oxygen atoms in total. The first-order chi connectivity index (χ1) is 11.2. The minimum atomic E-state index is 0.207. The maximum atomic E-state index is 9.14. The molecule has 1 fully saturated rings. The molecule has 0 aliphatic carbocycles. The maximum absolute atomic E-state index is 9.14. The molecular formula is C15H19N7O. The molecule has 0 radical (unpaired) electrons. The van der Waals surface area contributed by atoms with Gasteiger partial charge in [0.05, 0.1) is 24.7 Å². The van der Waals surface area contributed by atoms with Crippen LogP contribution in [-0.2, 0) is 4.74 Å². The van der Waals surface area contributed by atoms with E-state index in [0.717, 1.165) is 12.1 Å². The Kier molecular flexibility index (Phi) is 4.39. The van der Waals surface area contributed by atoms with Crippen LogP contribution < -0.4 is 10.2 Å². The van der Waals surface area contributed by atoms with Crippen molar-refractivity contribution in [2.24, 2.45) is 5.92 Å². The molecule has 0 saturated carbocycles. The van der Waals surface area contributed by atoms with Crippen molar-refractivity contribution in [3.8, 4) is 6.07 Å². The zero-order valence-electron chi connectivity index (χ0n) is 13.2. The van der Waals surface area contributed by atoms with E-state index < -0.39 is 0 Å². The molecule has 0 bridgehead atoms. The Hall–Kier alpha value is -2.66. The normalized spacial score (nSPS) is 20.7. The average molecular weight is 313 g/mol. The van der Waals surface area contributed by atoms with Crippen LogP contribution in [0.4, 0.5) is 17.5 Å². The zero-order valence-corrected chi connectivity index (χ0v) is 13.2. The standard InChI is InChI=1S/C15H19N7O/c1-10-9-23-4-3-13(10)22(12-7-19-20-8-12)15-18-6-11(5-16)14(17-2)21-15/h6-8,10,13H,3-4,9H2,1-2H3,(H,19,20)(H,17,18,21). The van der Waals surface area contributed by atoms with E-state index in [0.29, 0.717) is 36.5 Å². The number of aromatic nitrogens is 4. The SMILES string of the molecule is CNc1nc(N(c2cn[nH]c2)C2CCOCC2C)ncc1C#N. The van der Waals surface area contributed by atoms with Gasteiger partial charge in [-0.05, 0) is 6.42 Å². The summed E-state index contributed by atoms with van der Waals surface area (Å²) in [6, 6.07) is 2.30. The highest BCUT2D eigenvalue weighted by Crippen LogP contribution is 2.31. The molecule has 2 N–H and O–H groups in total. The molecule has 1 saturated heterocycles. The molecule has 120 valence electrons. The van der Waals surface area contributed by atoms with Gasteiger partial charge in [-0.1, -0.05) is 6.92 Å². The summed E-state index contributed by atoms with van der Waals surface area (Å²) in [5.41, 5.74) is 1.32. The van der Waals surface area contributed by atoms with E-state index in [1.54, 1.807) is 19.4 Å². The third-order valence-electron chi connectivity index (χ3n) is 4.04. The summed E-state index contributed by atoms with van der Waals surface area (Å²) in [5, 5.41) is 19.0. The van der Waals surface area contributed by atoms with Crippen molar-refractivity contribution in [2.45, 2.75) is 19.4 Å². The van der Waals surface area contributed by atoms with Gasteiger partial charge in [0.25, 0.3) is 0 Å². The highest BCUT2D eigenvalue weighted by Gasteiger charge is 2.31.